The number of nitrogens with one attached hydrogen (secondary N) is 1. The maximum atomic E-state index is 3.42. The number of hydrogen-bond donors (Lipinski definition) is 1. The molecule has 0 aliphatic heterocycles. The van der Waals surface area contributed by atoms with Crippen molar-refractivity contribution in [3.8, 4) is 0 Å². The first-order valence-corrected chi connectivity index (χ1v) is 6.13. The molecule has 0 fully saturated rings. The predicted octanol–water partition coefficient (Wildman–Crippen LogP) is 3.40. The van der Waals surface area contributed by atoms with E-state index in [1.165, 1.54) is 5.56 Å². The molecular weight excluding hydrogens is 190 g/mol. The average molecular weight is 209 g/mol. The van der Waals surface area contributed by atoms with Crippen LogP contribution < -0.4 is 5.32 Å². The SMILES string of the molecule is CC(C)CNCCC=Cc1ccsc1. The Morgan fingerprint density at radius 3 is 3.00 bits per heavy atom. The summed E-state index contributed by atoms with van der Waals surface area (Å²) in [6.45, 7) is 6.66. The van der Waals surface area contributed by atoms with E-state index in [0.29, 0.717) is 0 Å². The lowest BCUT2D eigenvalue weighted by Gasteiger charge is -2.04. The molecule has 1 N–H and O–H groups in total. The Labute approximate surface area is 90.9 Å². The van der Waals surface area contributed by atoms with Gasteiger partial charge in [0, 0.05) is 0 Å². The maximum absolute atomic E-state index is 3.42. The van der Waals surface area contributed by atoms with Crippen LogP contribution in [0, 0.1) is 5.92 Å². The summed E-state index contributed by atoms with van der Waals surface area (Å²) in [6, 6.07) is 2.14. The molecule has 0 radical (unpaired) electrons. The lowest BCUT2D eigenvalue weighted by molar-refractivity contribution is 0.557. The Morgan fingerprint density at radius 1 is 1.50 bits per heavy atom. The maximum Gasteiger partial charge on any atom is -0.00140 e. The van der Waals surface area contributed by atoms with Crippen molar-refractivity contribution in [3.63, 3.8) is 0 Å². The summed E-state index contributed by atoms with van der Waals surface area (Å²) in [5.41, 5.74) is 1.32. The second-order valence-electron chi connectivity index (χ2n) is 3.85. The molecule has 0 amide bonds. The second kappa shape index (κ2) is 6.80. The van der Waals surface area contributed by atoms with E-state index in [1.54, 1.807) is 11.3 Å². The molecule has 0 bridgehead atoms. The van der Waals surface area contributed by atoms with Crippen molar-refractivity contribution in [2.24, 2.45) is 5.92 Å². The first-order chi connectivity index (χ1) is 6.79. The first kappa shape index (κ1) is 11.5. The Bertz CT molecular complexity index is 249. The van der Waals surface area contributed by atoms with E-state index in [-0.39, 0.29) is 0 Å². The smallest absolute Gasteiger partial charge is 0.00140 e. The van der Waals surface area contributed by atoms with Gasteiger partial charge in [0.1, 0.15) is 0 Å². The minimum atomic E-state index is 0.746. The molecule has 1 rings (SSSR count). The van der Waals surface area contributed by atoms with E-state index in [9.17, 15) is 0 Å². The molecule has 14 heavy (non-hydrogen) atoms. The van der Waals surface area contributed by atoms with Gasteiger partial charge in [-0.1, -0.05) is 26.0 Å². The molecule has 0 atom stereocenters. The molecule has 1 nitrogen and oxygen atoms in total. The Balaban J connectivity index is 2.04. The Kier molecular flexibility index (Phi) is 5.57. The molecule has 1 aromatic rings. The van der Waals surface area contributed by atoms with Crippen LogP contribution in [0.3, 0.4) is 0 Å². The second-order valence-corrected chi connectivity index (χ2v) is 4.63. The zero-order valence-corrected chi connectivity index (χ0v) is 9.81. The van der Waals surface area contributed by atoms with Crippen LogP contribution in [-0.2, 0) is 0 Å². The monoisotopic (exact) mass is 209 g/mol. The molecule has 1 heterocycles. The Hall–Kier alpha value is -0.600. The highest BCUT2D eigenvalue weighted by molar-refractivity contribution is 7.08. The minimum Gasteiger partial charge on any atom is -0.316 e. The van der Waals surface area contributed by atoms with E-state index < -0.39 is 0 Å². The third-order valence-corrected chi connectivity index (χ3v) is 2.60. The van der Waals surface area contributed by atoms with Gasteiger partial charge in [-0.2, -0.15) is 11.3 Å². The quantitative estimate of drug-likeness (QED) is 0.708. The average Bonchev–Trinajstić information content (AvgIpc) is 2.63. The zero-order chi connectivity index (χ0) is 10.2. The summed E-state index contributed by atoms with van der Waals surface area (Å²) in [7, 11) is 0. The van der Waals surface area contributed by atoms with Gasteiger partial charge in [0.15, 0.2) is 0 Å². The van der Waals surface area contributed by atoms with E-state index in [4.69, 9.17) is 0 Å². The molecule has 78 valence electrons. The van der Waals surface area contributed by atoms with Crippen molar-refractivity contribution in [3.05, 3.63) is 28.5 Å². The summed E-state index contributed by atoms with van der Waals surface area (Å²) >= 11 is 1.74. The molecule has 0 aliphatic carbocycles. The van der Waals surface area contributed by atoms with Crippen LogP contribution in [0.5, 0.6) is 0 Å². The number of hydrogen-bond acceptors (Lipinski definition) is 2. The van der Waals surface area contributed by atoms with Gasteiger partial charge in [0.2, 0.25) is 0 Å². The topological polar surface area (TPSA) is 12.0 Å². The number of rotatable bonds is 6. The first-order valence-electron chi connectivity index (χ1n) is 5.18. The highest BCUT2D eigenvalue weighted by atomic mass is 32.1. The fraction of sp³-hybridized carbons (Fsp3) is 0.500. The third-order valence-electron chi connectivity index (χ3n) is 1.89. The molecule has 0 aliphatic rings. The normalized spacial score (nSPS) is 11.6. The van der Waals surface area contributed by atoms with Gasteiger partial charge in [-0.3, -0.25) is 0 Å². The van der Waals surface area contributed by atoms with Crippen molar-refractivity contribution >= 4 is 17.4 Å². The summed E-state index contributed by atoms with van der Waals surface area (Å²) in [4.78, 5) is 0. The fourth-order valence-corrected chi connectivity index (χ4v) is 1.79. The molecular formula is C12H19NS. The molecule has 1 aromatic heterocycles. The molecule has 2 heteroatoms. The molecule has 0 aromatic carbocycles. The van der Waals surface area contributed by atoms with E-state index in [2.05, 4.69) is 48.1 Å². The van der Waals surface area contributed by atoms with Crippen molar-refractivity contribution in [1.82, 2.24) is 5.32 Å². The van der Waals surface area contributed by atoms with Gasteiger partial charge in [-0.25, -0.2) is 0 Å². The van der Waals surface area contributed by atoms with Crippen LogP contribution in [0.15, 0.2) is 22.9 Å². The molecule has 0 spiro atoms. The predicted molar refractivity (Wildman–Crippen MR) is 65.7 cm³/mol. The minimum absolute atomic E-state index is 0.746. The molecule has 0 saturated heterocycles. The van der Waals surface area contributed by atoms with Gasteiger partial charge in [0.05, 0.1) is 0 Å². The van der Waals surface area contributed by atoms with Gasteiger partial charge in [-0.15, -0.1) is 0 Å². The standard InChI is InChI=1S/C12H19NS/c1-11(2)9-13-7-4-3-5-12-6-8-14-10-12/h3,5-6,8,10-11,13H,4,7,9H2,1-2H3. The summed E-state index contributed by atoms with van der Waals surface area (Å²) in [5, 5.41) is 7.69. The largest absolute Gasteiger partial charge is 0.316 e. The third kappa shape index (κ3) is 5.20. The van der Waals surface area contributed by atoms with Gasteiger partial charge >= 0.3 is 0 Å². The lowest BCUT2D eigenvalue weighted by atomic mass is 10.2. The van der Waals surface area contributed by atoms with Gasteiger partial charge in [0.25, 0.3) is 0 Å². The van der Waals surface area contributed by atoms with Crippen LogP contribution in [0.25, 0.3) is 6.08 Å². The fourth-order valence-electron chi connectivity index (χ4n) is 1.17. The van der Waals surface area contributed by atoms with Crippen LogP contribution in [0.4, 0.5) is 0 Å². The highest BCUT2D eigenvalue weighted by Crippen LogP contribution is 2.07. The zero-order valence-electron chi connectivity index (χ0n) is 8.99. The summed E-state index contributed by atoms with van der Waals surface area (Å²) in [5.74, 6) is 0.746. The van der Waals surface area contributed by atoms with Crippen molar-refractivity contribution in [2.75, 3.05) is 13.1 Å². The van der Waals surface area contributed by atoms with Gasteiger partial charge < -0.3 is 5.32 Å². The molecule has 0 unspecified atom stereocenters. The lowest BCUT2D eigenvalue weighted by Crippen LogP contribution is -2.20. The van der Waals surface area contributed by atoms with Crippen LogP contribution in [0.1, 0.15) is 25.8 Å². The van der Waals surface area contributed by atoms with Crippen molar-refractivity contribution in [2.45, 2.75) is 20.3 Å². The van der Waals surface area contributed by atoms with Gasteiger partial charge in [-0.05, 0) is 47.8 Å². The van der Waals surface area contributed by atoms with Crippen LogP contribution in [0.2, 0.25) is 0 Å². The summed E-state index contributed by atoms with van der Waals surface area (Å²) < 4.78 is 0. The van der Waals surface area contributed by atoms with Crippen molar-refractivity contribution in [1.29, 1.82) is 0 Å². The highest BCUT2D eigenvalue weighted by Gasteiger charge is 1.90. The number of thiophene rings is 1. The summed E-state index contributed by atoms with van der Waals surface area (Å²) in [6.07, 6.45) is 5.53. The van der Waals surface area contributed by atoms with E-state index >= 15 is 0 Å². The van der Waals surface area contributed by atoms with E-state index in [0.717, 1.165) is 25.4 Å². The molecule has 0 saturated carbocycles. The Morgan fingerprint density at radius 2 is 2.36 bits per heavy atom. The van der Waals surface area contributed by atoms with Crippen LogP contribution >= 0.6 is 11.3 Å². The van der Waals surface area contributed by atoms with Crippen LogP contribution in [-0.4, -0.2) is 13.1 Å². The van der Waals surface area contributed by atoms with Crippen molar-refractivity contribution < 1.29 is 0 Å². The van der Waals surface area contributed by atoms with E-state index in [1.807, 2.05) is 0 Å².